The number of nitrogens with one attached hydrogen (secondary N) is 2. The molecule has 162 valence electrons. The first-order valence-corrected chi connectivity index (χ1v) is 10.9. The zero-order valence-corrected chi connectivity index (χ0v) is 18.7. The van der Waals surface area contributed by atoms with Crippen LogP contribution in [0.2, 0.25) is 5.02 Å². The lowest BCUT2D eigenvalue weighted by Gasteiger charge is -2.35. The van der Waals surface area contributed by atoms with Crippen LogP contribution in [0.1, 0.15) is 51.8 Å². The van der Waals surface area contributed by atoms with Crippen molar-refractivity contribution in [2.24, 2.45) is 5.92 Å². The monoisotopic (exact) mass is 429 g/mol. The number of anilines is 2. The molecule has 1 fully saturated rings. The molecule has 2 aromatic carbocycles. The molecule has 1 amide bonds. The Morgan fingerprint density at radius 3 is 2.53 bits per heavy atom. The number of piperidine rings is 1. The van der Waals surface area contributed by atoms with Gasteiger partial charge in [0.1, 0.15) is 0 Å². The molecule has 0 aromatic heterocycles. The summed E-state index contributed by atoms with van der Waals surface area (Å²) in [6.07, 6.45) is 1.69. The van der Waals surface area contributed by atoms with Gasteiger partial charge in [-0.3, -0.25) is 4.79 Å². The van der Waals surface area contributed by atoms with Crippen LogP contribution in [-0.4, -0.2) is 29.6 Å². The zero-order valence-electron chi connectivity index (χ0n) is 18.0. The van der Waals surface area contributed by atoms with Gasteiger partial charge in [-0.05, 0) is 63.8 Å². The van der Waals surface area contributed by atoms with Crippen molar-refractivity contribution in [3.63, 3.8) is 0 Å². The molecule has 6 heteroatoms. The first-order valence-electron chi connectivity index (χ1n) is 10.6. The Morgan fingerprint density at radius 2 is 1.87 bits per heavy atom. The van der Waals surface area contributed by atoms with E-state index in [1.807, 2.05) is 51.1 Å². The minimum absolute atomic E-state index is 0.132. The lowest BCUT2D eigenvalue weighted by atomic mass is 9.92. The fourth-order valence-corrected chi connectivity index (χ4v) is 4.09. The highest BCUT2D eigenvalue weighted by Crippen LogP contribution is 2.32. The van der Waals surface area contributed by atoms with Crippen LogP contribution >= 0.6 is 11.6 Å². The lowest BCUT2D eigenvalue weighted by Crippen LogP contribution is -2.42. The van der Waals surface area contributed by atoms with E-state index in [4.69, 9.17) is 11.6 Å². The number of benzene rings is 2. The van der Waals surface area contributed by atoms with Crippen molar-refractivity contribution < 1.29 is 9.90 Å². The van der Waals surface area contributed by atoms with E-state index in [-0.39, 0.29) is 11.4 Å². The number of hydrogen-bond acceptors (Lipinski definition) is 4. The topological polar surface area (TPSA) is 64.6 Å². The zero-order chi connectivity index (χ0) is 21.7. The number of aliphatic hydroxyl groups is 1. The summed E-state index contributed by atoms with van der Waals surface area (Å²) < 4.78 is 0. The van der Waals surface area contributed by atoms with E-state index < -0.39 is 6.23 Å². The third kappa shape index (κ3) is 6.38. The number of nitrogens with zero attached hydrogens (tertiary/aromatic N) is 1. The van der Waals surface area contributed by atoms with Gasteiger partial charge in [-0.15, -0.1) is 0 Å². The molecule has 1 aliphatic rings. The van der Waals surface area contributed by atoms with Gasteiger partial charge >= 0.3 is 0 Å². The summed E-state index contributed by atoms with van der Waals surface area (Å²) in [5.74, 6) is 0.536. The predicted molar refractivity (Wildman–Crippen MR) is 124 cm³/mol. The number of aliphatic hydroxyl groups excluding tert-OH is 1. The Hall–Kier alpha value is -2.24. The van der Waals surface area contributed by atoms with Gasteiger partial charge in [0.05, 0.1) is 11.4 Å². The van der Waals surface area contributed by atoms with Crippen molar-refractivity contribution in [2.45, 2.75) is 51.8 Å². The van der Waals surface area contributed by atoms with Crippen molar-refractivity contribution >= 4 is 28.9 Å². The molecule has 0 bridgehead atoms. The molecule has 1 aliphatic heterocycles. The van der Waals surface area contributed by atoms with Crippen LogP contribution in [0.25, 0.3) is 0 Å². The van der Waals surface area contributed by atoms with Gasteiger partial charge in [0.15, 0.2) is 6.23 Å². The van der Waals surface area contributed by atoms with E-state index in [0.29, 0.717) is 17.4 Å². The van der Waals surface area contributed by atoms with E-state index in [0.717, 1.165) is 42.9 Å². The minimum atomic E-state index is -0.844. The van der Waals surface area contributed by atoms with Crippen molar-refractivity contribution in [2.75, 3.05) is 23.3 Å². The molecule has 3 rings (SSSR count). The largest absolute Gasteiger partial charge is 0.370 e. The predicted octanol–water partition coefficient (Wildman–Crippen LogP) is 4.96. The third-order valence-corrected chi connectivity index (χ3v) is 5.54. The molecule has 1 unspecified atom stereocenters. The molecule has 30 heavy (non-hydrogen) atoms. The normalized spacial score (nSPS) is 16.2. The summed E-state index contributed by atoms with van der Waals surface area (Å²) in [6, 6.07) is 15.2. The van der Waals surface area contributed by atoms with Crippen LogP contribution in [0.5, 0.6) is 0 Å². The molecule has 0 aliphatic carbocycles. The number of carbonyl (C=O) groups excluding carboxylic acids is 1. The molecule has 1 heterocycles. The van der Waals surface area contributed by atoms with E-state index in [1.54, 1.807) is 12.1 Å². The second-order valence-electron chi connectivity index (χ2n) is 9.05. The smallest absolute Gasteiger partial charge is 0.220 e. The average Bonchev–Trinajstić information content (AvgIpc) is 2.67. The number of rotatable bonds is 6. The van der Waals surface area contributed by atoms with E-state index in [9.17, 15) is 9.90 Å². The van der Waals surface area contributed by atoms with Crippen molar-refractivity contribution in [1.29, 1.82) is 0 Å². The average molecular weight is 430 g/mol. The maximum Gasteiger partial charge on any atom is 0.220 e. The van der Waals surface area contributed by atoms with Gasteiger partial charge in [0, 0.05) is 35.6 Å². The highest BCUT2D eigenvalue weighted by molar-refractivity contribution is 6.30. The minimum Gasteiger partial charge on any atom is -0.370 e. The van der Waals surface area contributed by atoms with Crippen LogP contribution in [0, 0.1) is 5.92 Å². The summed E-state index contributed by atoms with van der Waals surface area (Å²) in [5.41, 5.74) is 2.48. The summed E-state index contributed by atoms with van der Waals surface area (Å²) in [7, 11) is 0. The quantitative estimate of drug-likeness (QED) is 0.567. The molecule has 1 atom stereocenters. The number of para-hydroxylation sites is 2. The molecular formula is C24H32ClN3O2. The Balaban J connectivity index is 1.61. The second-order valence-corrected chi connectivity index (χ2v) is 9.49. The second kappa shape index (κ2) is 9.71. The summed E-state index contributed by atoms with van der Waals surface area (Å²) in [5, 5.41) is 17.5. The van der Waals surface area contributed by atoms with Crippen molar-refractivity contribution in [3.05, 3.63) is 59.1 Å². The maximum absolute atomic E-state index is 12.2. The van der Waals surface area contributed by atoms with Gasteiger partial charge in [0.25, 0.3) is 0 Å². The van der Waals surface area contributed by atoms with Crippen LogP contribution < -0.4 is 15.5 Å². The summed E-state index contributed by atoms with van der Waals surface area (Å²) in [6.45, 7) is 7.80. The SMILES string of the molecule is CC(C)(C)NC(=O)CC1CCN(c2ccccc2NC(O)c2cccc(Cl)c2)CC1. The Bertz CT molecular complexity index is 858. The standard InChI is InChI=1S/C24H32ClN3O2/c1-24(2,3)27-22(29)15-17-11-13-28(14-12-17)21-10-5-4-9-20(21)26-23(30)18-7-6-8-19(25)16-18/h4-10,16-17,23,26,30H,11-15H2,1-3H3,(H,27,29). The van der Waals surface area contributed by atoms with E-state index >= 15 is 0 Å². The Morgan fingerprint density at radius 1 is 1.17 bits per heavy atom. The van der Waals surface area contributed by atoms with Crippen molar-refractivity contribution in [3.8, 4) is 0 Å². The van der Waals surface area contributed by atoms with Gasteiger partial charge < -0.3 is 20.6 Å². The van der Waals surface area contributed by atoms with Gasteiger partial charge in [0.2, 0.25) is 5.91 Å². The highest BCUT2D eigenvalue weighted by Gasteiger charge is 2.24. The Kier molecular flexibility index (Phi) is 7.27. The molecule has 2 aromatic rings. The number of carbonyl (C=O) groups is 1. The van der Waals surface area contributed by atoms with Gasteiger partial charge in [-0.25, -0.2) is 0 Å². The van der Waals surface area contributed by atoms with E-state index in [2.05, 4.69) is 21.6 Å². The number of amides is 1. The number of halogens is 1. The highest BCUT2D eigenvalue weighted by atomic mass is 35.5. The fourth-order valence-electron chi connectivity index (χ4n) is 3.89. The first kappa shape index (κ1) is 22.4. The maximum atomic E-state index is 12.2. The fraction of sp³-hybridized carbons (Fsp3) is 0.458. The summed E-state index contributed by atoms with van der Waals surface area (Å²) >= 11 is 6.05. The molecular weight excluding hydrogens is 398 g/mol. The Labute approximate surface area is 184 Å². The van der Waals surface area contributed by atoms with Crippen LogP contribution in [0.15, 0.2) is 48.5 Å². The van der Waals surface area contributed by atoms with Crippen LogP contribution in [0.4, 0.5) is 11.4 Å². The molecule has 5 nitrogen and oxygen atoms in total. The van der Waals surface area contributed by atoms with Crippen molar-refractivity contribution in [1.82, 2.24) is 5.32 Å². The van der Waals surface area contributed by atoms with Crippen LogP contribution in [-0.2, 0) is 4.79 Å². The number of hydrogen-bond donors (Lipinski definition) is 3. The molecule has 0 saturated carbocycles. The third-order valence-electron chi connectivity index (χ3n) is 5.30. The van der Waals surface area contributed by atoms with Crippen LogP contribution in [0.3, 0.4) is 0 Å². The van der Waals surface area contributed by atoms with E-state index in [1.165, 1.54) is 0 Å². The van der Waals surface area contributed by atoms with Gasteiger partial charge in [-0.1, -0.05) is 35.9 Å². The molecule has 0 radical (unpaired) electrons. The molecule has 1 saturated heterocycles. The lowest BCUT2D eigenvalue weighted by molar-refractivity contribution is -0.123. The molecule has 3 N–H and O–H groups in total. The van der Waals surface area contributed by atoms with Gasteiger partial charge in [-0.2, -0.15) is 0 Å². The first-order chi connectivity index (χ1) is 14.2. The summed E-state index contributed by atoms with van der Waals surface area (Å²) in [4.78, 5) is 14.6. The molecule has 0 spiro atoms.